The molecule has 0 aliphatic rings. The van der Waals surface area contributed by atoms with E-state index in [1.54, 1.807) is 0 Å². The van der Waals surface area contributed by atoms with Crippen LogP contribution in [-0.4, -0.2) is 22.9 Å². The Labute approximate surface area is 134 Å². The van der Waals surface area contributed by atoms with E-state index >= 15 is 0 Å². The van der Waals surface area contributed by atoms with Crippen molar-refractivity contribution in [3.8, 4) is 11.8 Å². The molecule has 0 saturated heterocycles. The summed E-state index contributed by atoms with van der Waals surface area (Å²) in [4.78, 5) is 4.49. The summed E-state index contributed by atoms with van der Waals surface area (Å²) in [6.45, 7) is -0.572. The summed E-state index contributed by atoms with van der Waals surface area (Å²) in [6.07, 6.45) is 1.07. The molecule has 0 saturated carbocycles. The van der Waals surface area contributed by atoms with Crippen LogP contribution in [0.3, 0.4) is 0 Å². The molecule has 3 aromatic rings. The summed E-state index contributed by atoms with van der Waals surface area (Å²) in [5.74, 6) is 5.08. The molecular weight excluding hydrogens is 289 g/mol. The lowest BCUT2D eigenvalue weighted by atomic mass is 10.0. The molecule has 0 aliphatic heterocycles. The number of nitrogens with zero attached hydrogens (tertiary/aromatic N) is 1. The van der Waals surface area contributed by atoms with Gasteiger partial charge in [0, 0.05) is 23.6 Å². The normalized spacial score (nSPS) is 11.7. The molecule has 0 aliphatic carbocycles. The molecule has 0 spiro atoms. The van der Waals surface area contributed by atoms with Crippen LogP contribution in [-0.2, 0) is 6.42 Å². The standard InChI is InChI=1S/C20H16FNO/c21-18(14-23)10-9-15-5-7-16(8-6-15)13-20-19-4-2-1-3-17(19)11-12-22-20/h1-8,11-12,18,23H,13-14H2. The maximum absolute atomic E-state index is 12.9. The number of pyridine rings is 1. The smallest absolute Gasteiger partial charge is 0.183 e. The third-order valence-corrected chi connectivity index (χ3v) is 3.62. The van der Waals surface area contributed by atoms with Crippen molar-refractivity contribution in [2.45, 2.75) is 12.6 Å². The van der Waals surface area contributed by atoms with Crippen LogP contribution in [0.25, 0.3) is 10.8 Å². The van der Waals surface area contributed by atoms with Gasteiger partial charge in [0.1, 0.15) is 0 Å². The van der Waals surface area contributed by atoms with Crippen molar-refractivity contribution in [1.82, 2.24) is 4.98 Å². The summed E-state index contributed by atoms with van der Waals surface area (Å²) in [5, 5.41) is 11.0. The second-order valence-electron chi connectivity index (χ2n) is 5.27. The molecule has 1 atom stereocenters. The molecule has 0 amide bonds. The maximum atomic E-state index is 12.9. The van der Waals surface area contributed by atoms with E-state index in [1.807, 2.05) is 48.7 Å². The van der Waals surface area contributed by atoms with Crippen molar-refractivity contribution in [2.24, 2.45) is 0 Å². The Morgan fingerprint density at radius 2 is 1.83 bits per heavy atom. The Hall–Kier alpha value is -2.70. The first-order chi connectivity index (χ1) is 11.3. The van der Waals surface area contributed by atoms with E-state index in [9.17, 15) is 4.39 Å². The third kappa shape index (κ3) is 3.74. The van der Waals surface area contributed by atoms with Gasteiger partial charge in [-0.05, 0) is 29.1 Å². The second kappa shape index (κ2) is 7.04. The van der Waals surface area contributed by atoms with Gasteiger partial charge in [0.25, 0.3) is 0 Å². The molecule has 23 heavy (non-hydrogen) atoms. The lowest BCUT2D eigenvalue weighted by Crippen LogP contribution is -2.01. The molecule has 1 aromatic heterocycles. The van der Waals surface area contributed by atoms with Gasteiger partial charge < -0.3 is 5.11 Å². The predicted octanol–water partition coefficient (Wildman–Crippen LogP) is 3.51. The molecule has 2 nitrogen and oxygen atoms in total. The van der Waals surface area contributed by atoms with Gasteiger partial charge in [0.15, 0.2) is 6.17 Å². The van der Waals surface area contributed by atoms with Gasteiger partial charge in [0.2, 0.25) is 0 Å². The van der Waals surface area contributed by atoms with E-state index in [0.717, 1.165) is 28.6 Å². The Morgan fingerprint density at radius 3 is 2.61 bits per heavy atom. The Balaban J connectivity index is 1.81. The van der Waals surface area contributed by atoms with Crippen molar-refractivity contribution >= 4 is 10.8 Å². The minimum absolute atomic E-state index is 0.572. The molecule has 0 radical (unpaired) electrons. The lowest BCUT2D eigenvalue weighted by molar-refractivity contribution is 0.215. The van der Waals surface area contributed by atoms with E-state index < -0.39 is 12.8 Å². The number of rotatable bonds is 3. The highest BCUT2D eigenvalue weighted by Gasteiger charge is 2.03. The van der Waals surface area contributed by atoms with E-state index in [0.29, 0.717) is 0 Å². The summed E-state index contributed by atoms with van der Waals surface area (Å²) >= 11 is 0. The van der Waals surface area contributed by atoms with Gasteiger partial charge in [-0.3, -0.25) is 4.98 Å². The molecular formula is C20H16FNO. The fourth-order valence-electron chi connectivity index (χ4n) is 2.43. The van der Waals surface area contributed by atoms with Crippen molar-refractivity contribution in [2.75, 3.05) is 6.61 Å². The summed E-state index contributed by atoms with van der Waals surface area (Å²) in [7, 11) is 0. The highest BCUT2D eigenvalue weighted by Crippen LogP contribution is 2.19. The van der Waals surface area contributed by atoms with Crippen LogP contribution in [0.1, 0.15) is 16.8 Å². The molecule has 1 heterocycles. The van der Waals surface area contributed by atoms with Crippen LogP contribution in [0.15, 0.2) is 60.8 Å². The van der Waals surface area contributed by atoms with Gasteiger partial charge in [0.05, 0.1) is 12.3 Å². The first-order valence-electron chi connectivity index (χ1n) is 7.44. The number of halogens is 1. The number of benzene rings is 2. The minimum atomic E-state index is -1.49. The van der Waals surface area contributed by atoms with Crippen LogP contribution in [0.5, 0.6) is 0 Å². The molecule has 1 N–H and O–H groups in total. The van der Waals surface area contributed by atoms with Crippen molar-refractivity contribution < 1.29 is 9.50 Å². The topological polar surface area (TPSA) is 33.1 Å². The number of hydrogen-bond donors (Lipinski definition) is 1. The summed E-state index contributed by atoms with van der Waals surface area (Å²) in [5.41, 5.74) is 2.89. The van der Waals surface area contributed by atoms with Gasteiger partial charge in [-0.2, -0.15) is 0 Å². The van der Waals surface area contributed by atoms with E-state index in [1.165, 1.54) is 5.39 Å². The number of alkyl halides is 1. The van der Waals surface area contributed by atoms with E-state index in [2.05, 4.69) is 29.0 Å². The quantitative estimate of drug-likeness (QED) is 0.751. The largest absolute Gasteiger partial charge is 0.392 e. The van der Waals surface area contributed by atoms with Crippen molar-refractivity contribution in [3.63, 3.8) is 0 Å². The number of aliphatic hydroxyl groups is 1. The van der Waals surface area contributed by atoms with E-state index in [-0.39, 0.29) is 0 Å². The molecule has 1 unspecified atom stereocenters. The van der Waals surface area contributed by atoms with Crippen LogP contribution in [0.2, 0.25) is 0 Å². The fourth-order valence-corrected chi connectivity index (χ4v) is 2.43. The molecule has 3 heteroatoms. The molecule has 0 bridgehead atoms. The maximum Gasteiger partial charge on any atom is 0.183 e. The third-order valence-electron chi connectivity index (χ3n) is 3.62. The van der Waals surface area contributed by atoms with Crippen molar-refractivity contribution in [3.05, 3.63) is 77.6 Å². The Kier molecular flexibility index (Phi) is 4.65. The van der Waals surface area contributed by atoms with Crippen LogP contribution in [0, 0.1) is 11.8 Å². The molecule has 114 valence electrons. The summed E-state index contributed by atoms with van der Waals surface area (Å²) < 4.78 is 12.9. The molecule has 3 rings (SSSR count). The highest BCUT2D eigenvalue weighted by molar-refractivity contribution is 5.84. The Morgan fingerprint density at radius 1 is 1.04 bits per heavy atom. The summed E-state index contributed by atoms with van der Waals surface area (Å²) in [6, 6.07) is 17.9. The van der Waals surface area contributed by atoms with Gasteiger partial charge in [-0.25, -0.2) is 4.39 Å². The number of aliphatic hydroxyl groups excluding tert-OH is 1. The van der Waals surface area contributed by atoms with Crippen LogP contribution >= 0.6 is 0 Å². The predicted molar refractivity (Wildman–Crippen MR) is 89.9 cm³/mol. The first kappa shape index (κ1) is 15.2. The number of aromatic nitrogens is 1. The van der Waals surface area contributed by atoms with Crippen LogP contribution in [0.4, 0.5) is 4.39 Å². The van der Waals surface area contributed by atoms with E-state index in [4.69, 9.17) is 5.11 Å². The molecule has 0 fully saturated rings. The molecule has 2 aromatic carbocycles. The minimum Gasteiger partial charge on any atom is -0.392 e. The van der Waals surface area contributed by atoms with Crippen molar-refractivity contribution in [1.29, 1.82) is 0 Å². The first-order valence-corrected chi connectivity index (χ1v) is 7.44. The van der Waals surface area contributed by atoms with Gasteiger partial charge in [-0.1, -0.05) is 48.2 Å². The Bertz CT molecular complexity index is 857. The lowest BCUT2D eigenvalue weighted by Gasteiger charge is -2.06. The van der Waals surface area contributed by atoms with Gasteiger partial charge in [-0.15, -0.1) is 0 Å². The average molecular weight is 305 g/mol. The average Bonchev–Trinajstić information content (AvgIpc) is 2.61. The second-order valence-corrected chi connectivity index (χ2v) is 5.27. The fraction of sp³-hybridized carbons (Fsp3) is 0.150. The highest BCUT2D eigenvalue weighted by atomic mass is 19.1. The SMILES string of the molecule is OCC(F)C#Cc1ccc(Cc2nccc3ccccc23)cc1. The number of fused-ring (bicyclic) bond motifs is 1. The zero-order chi connectivity index (χ0) is 16.1. The van der Waals surface area contributed by atoms with Crippen LogP contribution < -0.4 is 0 Å². The zero-order valence-electron chi connectivity index (χ0n) is 12.5. The number of hydrogen-bond acceptors (Lipinski definition) is 2. The monoisotopic (exact) mass is 305 g/mol. The van der Waals surface area contributed by atoms with Gasteiger partial charge >= 0.3 is 0 Å². The zero-order valence-corrected chi connectivity index (χ0v) is 12.5.